The Bertz CT molecular complexity index is 671. The second-order valence-electron chi connectivity index (χ2n) is 5.39. The number of halogens is 3. The summed E-state index contributed by atoms with van der Waals surface area (Å²) in [6.45, 7) is 3.81. The molecule has 0 unspecified atom stereocenters. The Morgan fingerprint density at radius 1 is 1.09 bits per heavy atom. The first kappa shape index (κ1) is 16.4. The van der Waals surface area contributed by atoms with Gasteiger partial charge in [-0.25, -0.2) is 8.78 Å². The number of hydrogen-bond donors (Lipinski definition) is 1. The van der Waals surface area contributed by atoms with E-state index in [-0.39, 0.29) is 17.5 Å². The highest BCUT2D eigenvalue weighted by Crippen LogP contribution is 2.28. The molecule has 1 N–H and O–H groups in total. The molecule has 0 aliphatic heterocycles. The Morgan fingerprint density at radius 3 is 2.27 bits per heavy atom. The minimum absolute atomic E-state index is 0.00434. The molecule has 0 aromatic heterocycles. The van der Waals surface area contributed by atoms with Gasteiger partial charge >= 0.3 is 0 Å². The highest BCUT2D eigenvalue weighted by molar-refractivity contribution is 6.30. The van der Waals surface area contributed by atoms with Crippen LogP contribution in [0.2, 0.25) is 5.02 Å². The average Bonchev–Trinajstić information content (AvgIpc) is 2.44. The van der Waals surface area contributed by atoms with Gasteiger partial charge in [0.05, 0.1) is 11.6 Å². The van der Waals surface area contributed by atoms with E-state index in [1.807, 2.05) is 13.8 Å². The summed E-state index contributed by atoms with van der Waals surface area (Å²) in [5.74, 6) is -2.28. The molecule has 0 aliphatic rings. The summed E-state index contributed by atoms with van der Waals surface area (Å²) in [6.07, 6.45) is 0. The molecule has 0 radical (unpaired) electrons. The van der Waals surface area contributed by atoms with Crippen molar-refractivity contribution >= 4 is 23.2 Å². The molecule has 0 spiro atoms. The summed E-state index contributed by atoms with van der Waals surface area (Å²) < 4.78 is 26.6. The highest BCUT2D eigenvalue weighted by atomic mass is 35.5. The number of carbonyl (C=O) groups excluding carboxylic acids is 1. The molecule has 0 saturated carbocycles. The lowest BCUT2D eigenvalue weighted by atomic mass is 9.87. The molecular weight excluding hydrogens is 308 g/mol. The van der Waals surface area contributed by atoms with E-state index in [4.69, 9.17) is 11.6 Å². The fourth-order valence-corrected chi connectivity index (χ4v) is 2.44. The summed E-state index contributed by atoms with van der Waals surface area (Å²) in [6, 6.07) is 10.0. The van der Waals surface area contributed by atoms with Crippen LogP contribution < -0.4 is 5.32 Å². The summed E-state index contributed by atoms with van der Waals surface area (Å²) in [5.41, 5.74) is 0.755. The molecule has 2 nitrogen and oxygen atoms in total. The number of anilines is 1. The molecule has 1 amide bonds. The lowest BCUT2D eigenvalue weighted by molar-refractivity contribution is -0.118. The fraction of sp³-hybridized carbons (Fsp3) is 0.235. The molecule has 0 aliphatic carbocycles. The van der Waals surface area contributed by atoms with Crippen LogP contribution in [-0.2, 0) is 4.79 Å². The first-order valence-corrected chi connectivity index (χ1v) is 7.27. The van der Waals surface area contributed by atoms with Crippen LogP contribution in [0.1, 0.15) is 25.3 Å². The third-order valence-electron chi connectivity index (χ3n) is 3.37. The third-order valence-corrected chi connectivity index (χ3v) is 3.62. The van der Waals surface area contributed by atoms with Gasteiger partial charge in [-0.1, -0.05) is 37.6 Å². The first-order valence-electron chi connectivity index (χ1n) is 6.90. The SMILES string of the molecule is CC(C)[C@@H](C(=O)Nc1ccc(F)cc1F)c1ccc(Cl)cc1. The van der Waals surface area contributed by atoms with Gasteiger partial charge in [0.1, 0.15) is 11.6 Å². The third kappa shape index (κ3) is 3.83. The molecule has 116 valence electrons. The number of amides is 1. The van der Waals surface area contributed by atoms with Crippen molar-refractivity contribution < 1.29 is 13.6 Å². The molecule has 0 saturated heterocycles. The monoisotopic (exact) mass is 323 g/mol. The van der Waals surface area contributed by atoms with E-state index in [0.29, 0.717) is 5.02 Å². The van der Waals surface area contributed by atoms with Crippen LogP contribution in [-0.4, -0.2) is 5.91 Å². The lowest BCUT2D eigenvalue weighted by Crippen LogP contribution is -2.25. The van der Waals surface area contributed by atoms with Crippen LogP contribution in [0.25, 0.3) is 0 Å². The molecule has 2 rings (SSSR count). The number of benzene rings is 2. The van der Waals surface area contributed by atoms with Crippen molar-refractivity contribution in [3.63, 3.8) is 0 Å². The van der Waals surface area contributed by atoms with Gasteiger partial charge in [-0.05, 0) is 35.7 Å². The molecule has 0 heterocycles. The van der Waals surface area contributed by atoms with E-state index < -0.39 is 17.6 Å². The number of carbonyl (C=O) groups is 1. The fourth-order valence-electron chi connectivity index (χ4n) is 2.31. The predicted octanol–water partition coefficient (Wildman–Crippen LogP) is 5.00. The van der Waals surface area contributed by atoms with Gasteiger partial charge in [0.15, 0.2) is 0 Å². The number of hydrogen-bond acceptors (Lipinski definition) is 1. The Labute approximate surface area is 133 Å². The van der Waals surface area contributed by atoms with E-state index in [2.05, 4.69) is 5.32 Å². The second kappa shape index (κ2) is 6.88. The average molecular weight is 324 g/mol. The van der Waals surface area contributed by atoms with E-state index in [1.54, 1.807) is 24.3 Å². The minimum Gasteiger partial charge on any atom is -0.323 e. The summed E-state index contributed by atoms with van der Waals surface area (Å²) in [7, 11) is 0. The molecule has 22 heavy (non-hydrogen) atoms. The minimum atomic E-state index is -0.799. The molecule has 0 bridgehead atoms. The Morgan fingerprint density at radius 2 is 1.73 bits per heavy atom. The Hall–Kier alpha value is -1.94. The van der Waals surface area contributed by atoms with E-state index in [1.165, 1.54) is 6.07 Å². The van der Waals surface area contributed by atoms with Gasteiger partial charge in [-0.2, -0.15) is 0 Å². The maximum atomic E-state index is 13.7. The van der Waals surface area contributed by atoms with Crippen molar-refractivity contribution in [1.29, 1.82) is 0 Å². The molecule has 1 atom stereocenters. The van der Waals surface area contributed by atoms with Gasteiger partial charge in [-0.3, -0.25) is 4.79 Å². The molecule has 0 fully saturated rings. The van der Waals surface area contributed by atoms with Crippen LogP contribution in [0.3, 0.4) is 0 Å². The topological polar surface area (TPSA) is 29.1 Å². The largest absolute Gasteiger partial charge is 0.323 e. The Kier molecular flexibility index (Phi) is 5.14. The summed E-state index contributed by atoms with van der Waals surface area (Å²) in [4.78, 5) is 12.5. The normalized spacial score (nSPS) is 12.3. The van der Waals surface area contributed by atoms with Gasteiger partial charge in [-0.15, -0.1) is 0 Å². The van der Waals surface area contributed by atoms with Crippen LogP contribution in [0, 0.1) is 17.6 Å². The zero-order valence-electron chi connectivity index (χ0n) is 12.2. The van der Waals surface area contributed by atoms with Crippen LogP contribution in [0.15, 0.2) is 42.5 Å². The standard InChI is InChI=1S/C17H16ClF2NO/c1-10(2)16(11-3-5-12(18)6-4-11)17(22)21-15-8-7-13(19)9-14(15)20/h3-10,16H,1-2H3,(H,21,22)/t16-/m1/s1. The van der Waals surface area contributed by atoms with Crippen molar-refractivity contribution in [3.8, 4) is 0 Å². The smallest absolute Gasteiger partial charge is 0.232 e. The lowest BCUT2D eigenvalue weighted by Gasteiger charge is -2.21. The molecule has 2 aromatic carbocycles. The van der Waals surface area contributed by atoms with Gasteiger partial charge in [0.25, 0.3) is 0 Å². The van der Waals surface area contributed by atoms with Gasteiger partial charge in [0.2, 0.25) is 5.91 Å². The first-order chi connectivity index (χ1) is 10.4. The summed E-state index contributed by atoms with van der Waals surface area (Å²) >= 11 is 5.86. The van der Waals surface area contributed by atoms with Gasteiger partial charge < -0.3 is 5.32 Å². The zero-order chi connectivity index (χ0) is 16.3. The van der Waals surface area contributed by atoms with Crippen LogP contribution in [0.4, 0.5) is 14.5 Å². The number of nitrogens with one attached hydrogen (secondary N) is 1. The predicted molar refractivity (Wildman–Crippen MR) is 84.0 cm³/mol. The molecular formula is C17H16ClF2NO. The van der Waals surface area contributed by atoms with E-state index >= 15 is 0 Å². The maximum Gasteiger partial charge on any atom is 0.232 e. The van der Waals surface area contributed by atoms with E-state index in [9.17, 15) is 13.6 Å². The van der Waals surface area contributed by atoms with Crippen molar-refractivity contribution in [3.05, 3.63) is 64.7 Å². The molecule has 2 aromatic rings. The van der Waals surface area contributed by atoms with Crippen LogP contribution in [0.5, 0.6) is 0 Å². The van der Waals surface area contributed by atoms with Crippen molar-refractivity contribution in [2.45, 2.75) is 19.8 Å². The van der Waals surface area contributed by atoms with Crippen molar-refractivity contribution in [1.82, 2.24) is 0 Å². The summed E-state index contributed by atoms with van der Waals surface area (Å²) in [5, 5.41) is 3.10. The van der Waals surface area contributed by atoms with Crippen molar-refractivity contribution in [2.75, 3.05) is 5.32 Å². The zero-order valence-corrected chi connectivity index (χ0v) is 13.0. The quantitative estimate of drug-likeness (QED) is 0.843. The van der Waals surface area contributed by atoms with Crippen LogP contribution >= 0.6 is 11.6 Å². The maximum absolute atomic E-state index is 13.7. The number of rotatable bonds is 4. The van der Waals surface area contributed by atoms with Gasteiger partial charge in [0, 0.05) is 11.1 Å². The highest BCUT2D eigenvalue weighted by Gasteiger charge is 2.25. The second-order valence-corrected chi connectivity index (χ2v) is 5.82. The van der Waals surface area contributed by atoms with E-state index in [0.717, 1.165) is 17.7 Å². The molecule has 5 heteroatoms. The van der Waals surface area contributed by atoms with Crippen molar-refractivity contribution in [2.24, 2.45) is 5.92 Å². The Balaban J connectivity index is 2.25.